The molecule has 1 heterocycles. The number of nitrogens with two attached hydrogens (primary N) is 1. The van der Waals surface area contributed by atoms with Gasteiger partial charge in [-0.05, 0) is 26.8 Å². The van der Waals surface area contributed by atoms with E-state index in [1.165, 1.54) is 6.08 Å². The molecule has 0 aliphatic carbocycles. The molecule has 0 aliphatic heterocycles. The third-order valence-electron chi connectivity index (χ3n) is 2.17. The number of aromatic nitrogens is 2. The van der Waals surface area contributed by atoms with Gasteiger partial charge in [0.15, 0.2) is 0 Å². The summed E-state index contributed by atoms with van der Waals surface area (Å²) in [5.74, 6) is 0.427. The Labute approximate surface area is 106 Å². The normalized spacial score (nSPS) is 10.6. The number of nitrogens with zero attached hydrogens (tertiary/aromatic N) is 2. The molecule has 0 saturated heterocycles. The van der Waals surface area contributed by atoms with E-state index in [-0.39, 0.29) is 5.95 Å². The standard InChI is InChI=1S/C12H18N4O2/c1-4-14-11-9(6-7-10(17)18-5-2)8(3)15-12(13)16-11/h6-7H,4-5H2,1-3H3,(H3,13,14,15,16). The number of ether oxygens (including phenoxy) is 1. The molecule has 1 aromatic heterocycles. The molecule has 0 aliphatic rings. The van der Waals surface area contributed by atoms with Crippen molar-refractivity contribution in [1.82, 2.24) is 9.97 Å². The largest absolute Gasteiger partial charge is 0.463 e. The molecule has 0 fully saturated rings. The summed E-state index contributed by atoms with van der Waals surface area (Å²) in [5.41, 5.74) is 7.03. The van der Waals surface area contributed by atoms with Crippen LogP contribution < -0.4 is 11.1 Å². The number of nitrogen functional groups attached to an aromatic ring is 1. The maximum Gasteiger partial charge on any atom is 0.330 e. The number of nitrogens with one attached hydrogen (secondary N) is 1. The molecule has 0 amide bonds. The van der Waals surface area contributed by atoms with Gasteiger partial charge in [0, 0.05) is 18.2 Å². The molecule has 0 saturated carbocycles. The van der Waals surface area contributed by atoms with Crippen LogP contribution in [0.25, 0.3) is 6.08 Å². The third-order valence-corrected chi connectivity index (χ3v) is 2.17. The van der Waals surface area contributed by atoms with Crippen LogP contribution in [0.1, 0.15) is 25.1 Å². The van der Waals surface area contributed by atoms with Gasteiger partial charge < -0.3 is 15.8 Å². The first-order valence-corrected chi connectivity index (χ1v) is 5.81. The van der Waals surface area contributed by atoms with E-state index in [2.05, 4.69) is 15.3 Å². The maximum absolute atomic E-state index is 11.3. The molecule has 98 valence electrons. The van der Waals surface area contributed by atoms with Crippen molar-refractivity contribution in [3.63, 3.8) is 0 Å². The fourth-order valence-corrected chi connectivity index (χ4v) is 1.45. The number of rotatable bonds is 5. The Balaban J connectivity index is 3.02. The molecular formula is C12H18N4O2. The first-order chi connectivity index (χ1) is 8.58. The van der Waals surface area contributed by atoms with E-state index in [1.807, 2.05) is 13.8 Å². The van der Waals surface area contributed by atoms with Gasteiger partial charge in [0.25, 0.3) is 0 Å². The van der Waals surface area contributed by atoms with Crippen molar-refractivity contribution in [2.45, 2.75) is 20.8 Å². The lowest BCUT2D eigenvalue weighted by Gasteiger charge is -2.09. The van der Waals surface area contributed by atoms with Crippen LogP contribution >= 0.6 is 0 Å². The first-order valence-electron chi connectivity index (χ1n) is 5.81. The van der Waals surface area contributed by atoms with Crippen LogP contribution in [0.4, 0.5) is 11.8 Å². The van der Waals surface area contributed by atoms with Gasteiger partial charge in [0.2, 0.25) is 5.95 Å². The van der Waals surface area contributed by atoms with Gasteiger partial charge in [-0.2, -0.15) is 4.98 Å². The lowest BCUT2D eigenvalue weighted by molar-refractivity contribution is -0.137. The molecule has 0 unspecified atom stereocenters. The fraction of sp³-hybridized carbons (Fsp3) is 0.417. The minimum atomic E-state index is -0.392. The summed E-state index contributed by atoms with van der Waals surface area (Å²) in [4.78, 5) is 19.4. The average Bonchev–Trinajstić information content (AvgIpc) is 2.28. The topological polar surface area (TPSA) is 90.1 Å². The number of esters is 1. The predicted octanol–water partition coefficient (Wildman–Crippen LogP) is 1.38. The Morgan fingerprint density at radius 2 is 2.17 bits per heavy atom. The summed E-state index contributed by atoms with van der Waals surface area (Å²) in [6.45, 7) is 6.57. The maximum atomic E-state index is 11.3. The second kappa shape index (κ2) is 6.58. The summed E-state index contributed by atoms with van der Waals surface area (Å²) in [6, 6.07) is 0. The van der Waals surface area contributed by atoms with Gasteiger partial charge in [-0.25, -0.2) is 9.78 Å². The molecule has 0 bridgehead atoms. The zero-order chi connectivity index (χ0) is 13.5. The first kappa shape index (κ1) is 14.0. The van der Waals surface area contributed by atoms with Crippen molar-refractivity contribution in [2.24, 2.45) is 0 Å². The van der Waals surface area contributed by atoms with Crippen LogP contribution in [0, 0.1) is 6.92 Å². The molecule has 0 spiro atoms. The zero-order valence-electron chi connectivity index (χ0n) is 10.9. The van der Waals surface area contributed by atoms with Crippen LogP contribution in [0.5, 0.6) is 0 Å². The number of carbonyl (C=O) groups is 1. The van der Waals surface area contributed by atoms with E-state index >= 15 is 0 Å². The molecular weight excluding hydrogens is 232 g/mol. The lowest BCUT2D eigenvalue weighted by Crippen LogP contribution is -2.08. The minimum absolute atomic E-state index is 0.205. The SMILES string of the molecule is CCNc1nc(N)nc(C)c1C=CC(=O)OCC. The number of hydrogen-bond donors (Lipinski definition) is 2. The van der Waals surface area contributed by atoms with Crippen molar-refractivity contribution >= 4 is 23.8 Å². The monoisotopic (exact) mass is 250 g/mol. The molecule has 1 rings (SSSR count). The van der Waals surface area contributed by atoms with Crippen molar-refractivity contribution in [2.75, 3.05) is 24.2 Å². The highest BCUT2D eigenvalue weighted by Crippen LogP contribution is 2.18. The fourth-order valence-electron chi connectivity index (χ4n) is 1.45. The Morgan fingerprint density at radius 3 is 2.78 bits per heavy atom. The quantitative estimate of drug-likeness (QED) is 0.606. The second-order valence-corrected chi connectivity index (χ2v) is 3.55. The summed E-state index contributed by atoms with van der Waals surface area (Å²) in [6.07, 6.45) is 2.98. The molecule has 6 nitrogen and oxygen atoms in total. The van der Waals surface area contributed by atoms with E-state index < -0.39 is 5.97 Å². The smallest absolute Gasteiger partial charge is 0.330 e. The van der Waals surface area contributed by atoms with Gasteiger partial charge in [-0.3, -0.25) is 0 Å². The third kappa shape index (κ3) is 3.73. The van der Waals surface area contributed by atoms with E-state index in [9.17, 15) is 4.79 Å². The lowest BCUT2D eigenvalue weighted by atomic mass is 10.2. The highest BCUT2D eigenvalue weighted by Gasteiger charge is 2.07. The van der Waals surface area contributed by atoms with Gasteiger partial charge in [-0.15, -0.1) is 0 Å². The highest BCUT2D eigenvalue weighted by molar-refractivity contribution is 5.88. The Morgan fingerprint density at radius 1 is 1.44 bits per heavy atom. The summed E-state index contributed by atoms with van der Waals surface area (Å²) >= 11 is 0. The predicted molar refractivity (Wildman–Crippen MR) is 71.0 cm³/mol. The average molecular weight is 250 g/mol. The van der Waals surface area contributed by atoms with Crippen LogP contribution in [0.2, 0.25) is 0 Å². The molecule has 0 aromatic carbocycles. The molecule has 0 atom stereocenters. The van der Waals surface area contributed by atoms with Crippen LogP contribution in [0.3, 0.4) is 0 Å². The van der Waals surface area contributed by atoms with Crippen molar-refractivity contribution in [3.8, 4) is 0 Å². The Hall–Kier alpha value is -2.11. The van der Waals surface area contributed by atoms with Crippen molar-refractivity contribution in [3.05, 3.63) is 17.3 Å². The number of anilines is 2. The van der Waals surface area contributed by atoms with Crippen LogP contribution in [0.15, 0.2) is 6.08 Å². The summed E-state index contributed by atoms with van der Waals surface area (Å²) in [7, 11) is 0. The van der Waals surface area contributed by atoms with E-state index in [1.54, 1.807) is 13.0 Å². The van der Waals surface area contributed by atoms with Crippen LogP contribution in [-0.2, 0) is 9.53 Å². The second-order valence-electron chi connectivity index (χ2n) is 3.55. The van der Waals surface area contributed by atoms with Gasteiger partial charge in [-0.1, -0.05) is 0 Å². The zero-order valence-corrected chi connectivity index (χ0v) is 10.9. The molecule has 18 heavy (non-hydrogen) atoms. The van der Waals surface area contributed by atoms with Gasteiger partial charge in [0.05, 0.1) is 12.3 Å². The van der Waals surface area contributed by atoms with E-state index in [0.717, 1.165) is 5.56 Å². The summed E-state index contributed by atoms with van der Waals surface area (Å²) < 4.78 is 4.82. The van der Waals surface area contributed by atoms with Crippen LogP contribution in [-0.4, -0.2) is 29.1 Å². The number of carbonyl (C=O) groups excluding carboxylic acids is 1. The molecule has 1 aromatic rings. The number of aryl methyl sites for hydroxylation is 1. The molecule has 0 radical (unpaired) electrons. The molecule has 3 N–H and O–H groups in total. The Bertz CT molecular complexity index is 458. The van der Waals surface area contributed by atoms with Crippen molar-refractivity contribution in [1.29, 1.82) is 0 Å². The molecule has 6 heteroatoms. The van der Waals surface area contributed by atoms with Gasteiger partial charge >= 0.3 is 5.97 Å². The van der Waals surface area contributed by atoms with E-state index in [0.29, 0.717) is 24.7 Å². The summed E-state index contributed by atoms with van der Waals surface area (Å²) in [5, 5.41) is 3.08. The minimum Gasteiger partial charge on any atom is -0.463 e. The number of hydrogen-bond acceptors (Lipinski definition) is 6. The van der Waals surface area contributed by atoms with Gasteiger partial charge in [0.1, 0.15) is 5.82 Å². The highest BCUT2D eigenvalue weighted by atomic mass is 16.5. The van der Waals surface area contributed by atoms with Crippen molar-refractivity contribution < 1.29 is 9.53 Å². The Kier molecular flexibility index (Phi) is 5.10. The van der Waals surface area contributed by atoms with E-state index in [4.69, 9.17) is 10.5 Å².